The van der Waals surface area contributed by atoms with Gasteiger partial charge in [0.25, 0.3) is 5.91 Å². The third kappa shape index (κ3) is 3.14. The lowest BCUT2D eigenvalue weighted by Gasteiger charge is -2.34. The van der Waals surface area contributed by atoms with Gasteiger partial charge in [-0.05, 0) is 31.9 Å². The molecule has 0 radical (unpaired) electrons. The Kier molecular flexibility index (Phi) is 4.96. The highest BCUT2D eigenvalue weighted by Gasteiger charge is 2.54. The van der Waals surface area contributed by atoms with Crippen LogP contribution >= 0.6 is 35.1 Å². The number of amidine groups is 1. The number of nitrogens with zero attached hydrogens (tertiary/aromatic N) is 3. The van der Waals surface area contributed by atoms with Crippen LogP contribution in [0, 0.1) is 0 Å². The van der Waals surface area contributed by atoms with E-state index in [1.807, 2.05) is 23.1 Å². The average Bonchev–Trinajstić information content (AvgIpc) is 3.13. The molecule has 4 rings (SSSR count). The van der Waals surface area contributed by atoms with E-state index >= 15 is 0 Å². The number of carbonyl (C=O) groups excluding carboxylic acids is 2. The molecule has 3 fully saturated rings. The van der Waals surface area contributed by atoms with E-state index in [9.17, 15) is 9.59 Å². The maximum absolute atomic E-state index is 13.3. The molecule has 2 atom stereocenters. The van der Waals surface area contributed by atoms with Crippen molar-refractivity contribution < 1.29 is 9.59 Å². The second-order valence-corrected chi connectivity index (χ2v) is 9.77. The minimum Gasteiger partial charge on any atom is -0.315 e. The molecule has 138 valence electrons. The molecule has 0 bridgehead atoms. The zero-order valence-electron chi connectivity index (χ0n) is 14.5. The summed E-state index contributed by atoms with van der Waals surface area (Å²) in [5, 5.41) is 1.25. The van der Waals surface area contributed by atoms with E-state index in [0.29, 0.717) is 34.6 Å². The van der Waals surface area contributed by atoms with E-state index in [-0.39, 0.29) is 16.7 Å². The average molecular weight is 410 g/mol. The lowest BCUT2D eigenvalue weighted by Crippen LogP contribution is -2.53. The van der Waals surface area contributed by atoms with Gasteiger partial charge in [-0.15, -0.1) is 11.8 Å². The number of rotatable bonds is 2. The van der Waals surface area contributed by atoms with Crippen LogP contribution in [0.4, 0.5) is 5.69 Å². The number of benzene rings is 1. The first-order chi connectivity index (χ1) is 12.5. The molecule has 0 N–H and O–H groups in total. The summed E-state index contributed by atoms with van der Waals surface area (Å²) >= 11 is 9.52. The lowest BCUT2D eigenvalue weighted by atomic mass is 10.2. The van der Waals surface area contributed by atoms with Crippen LogP contribution in [-0.2, 0) is 9.59 Å². The molecule has 26 heavy (non-hydrogen) atoms. The van der Waals surface area contributed by atoms with Gasteiger partial charge in [-0.3, -0.25) is 14.5 Å². The number of carbonyl (C=O) groups is 2. The fourth-order valence-corrected chi connectivity index (χ4v) is 6.24. The number of amides is 2. The summed E-state index contributed by atoms with van der Waals surface area (Å²) in [6, 6.07) is 6.99. The Hall–Kier alpha value is -1.18. The van der Waals surface area contributed by atoms with Gasteiger partial charge in [0.2, 0.25) is 5.91 Å². The fraction of sp³-hybridized carbons (Fsp3) is 0.500. The second-order valence-electron chi connectivity index (χ2n) is 6.80. The van der Waals surface area contributed by atoms with Gasteiger partial charge in [0.15, 0.2) is 5.17 Å². The van der Waals surface area contributed by atoms with Gasteiger partial charge in [0.1, 0.15) is 6.04 Å². The predicted molar refractivity (Wildman–Crippen MR) is 108 cm³/mol. The van der Waals surface area contributed by atoms with Crippen LogP contribution in [-0.4, -0.2) is 55.7 Å². The predicted octanol–water partition coefficient (Wildman–Crippen LogP) is 3.75. The largest absolute Gasteiger partial charge is 0.315 e. The van der Waals surface area contributed by atoms with Crippen LogP contribution in [0.15, 0.2) is 29.3 Å². The van der Waals surface area contributed by atoms with Crippen molar-refractivity contribution in [1.29, 1.82) is 0 Å². The van der Waals surface area contributed by atoms with E-state index in [1.54, 1.807) is 34.5 Å². The van der Waals surface area contributed by atoms with Crippen LogP contribution in [0.3, 0.4) is 0 Å². The zero-order valence-corrected chi connectivity index (χ0v) is 16.9. The van der Waals surface area contributed by atoms with Crippen molar-refractivity contribution in [2.24, 2.45) is 4.99 Å². The summed E-state index contributed by atoms with van der Waals surface area (Å²) in [4.78, 5) is 33.7. The first kappa shape index (κ1) is 18.2. The lowest BCUT2D eigenvalue weighted by molar-refractivity contribution is -0.141. The topological polar surface area (TPSA) is 53.0 Å². The van der Waals surface area contributed by atoms with Crippen LogP contribution in [0.1, 0.15) is 26.2 Å². The normalized spacial score (nSPS) is 30.2. The highest BCUT2D eigenvalue weighted by atomic mass is 35.5. The second kappa shape index (κ2) is 7.09. The van der Waals surface area contributed by atoms with Crippen molar-refractivity contribution in [3.63, 3.8) is 0 Å². The minimum absolute atomic E-state index is 0.0190. The number of hydrogen-bond acceptors (Lipinski definition) is 5. The molecule has 8 heteroatoms. The number of para-hydroxylation sites is 1. The van der Waals surface area contributed by atoms with Crippen molar-refractivity contribution in [3.05, 3.63) is 29.3 Å². The first-order valence-electron chi connectivity index (χ1n) is 8.73. The summed E-state index contributed by atoms with van der Waals surface area (Å²) in [6.07, 6.45) is 2.27. The SMILES string of the molecule is CC12CCC(=O)N1C(C(=O)N1CCCSC1=Nc1ccccc1Cl)CS2. The smallest absolute Gasteiger partial charge is 0.252 e. The van der Waals surface area contributed by atoms with E-state index in [2.05, 4.69) is 11.9 Å². The van der Waals surface area contributed by atoms with Crippen LogP contribution in [0.2, 0.25) is 5.02 Å². The number of aliphatic imine (C=N–C) groups is 1. The van der Waals surface area contributed by atoms with Crippen molar-refractivity contribution >= 4 is 57.8 Å². The Balaban J connectivity index is 1.62. The number of hydrogen-bond donors (Lipinski definition) is 0. The zero-order chi connectivity index (χ0) is 18.3. The molecule has 0 saturated carbocycles. The molecule has 3 aliphatic rings. The van der Waals surface area contributed by atoms with Crippen LogP contribution in [0.5, 0.6) is 0 Å². The monoisotopic (exact) mass is 409 g/mol. The first-order valence-corrected chi connectivity index (χ1v) is 11.1. The molecule has 0 spiro atoms. The quantitative estimate of drug-likeness (QED) is 0.746. The molecule has 2 amide bonds. The van der Waals surface area contributed by atoms with Crippen LogP contribution < -0.4 is 0 Å². The summed E-state index contributed by atoms with van der Waals surface area (Å²) in [6.45, 7) is 2.70. The van der Waals surface area contributed by atoms with Gasteiger partial charge in [0.05, 0.1) is 15.6 Å². The van der Waals surface area contributed by atoms with E-state index in [1.165, 1.54) is 0 Å². The Morgan fingerprint density at radius 1 is 1.38 bits per heavy atom. The van der Waals surface area contributed by atoms with Gasteiger partial charge >= 0.3 is 0 Å². The van der Waals surface area contributed by atoms with Gasteiger partial charge < -0.3 is 4.90 Å². The van der Waals surface area contributed by atoms with Gasteiger partial charge in [-0.25, -0.2) is 4.99 Å². The summed E-state index contributed by atoms with van der Waals surface area (Å²) in [7, 11) is 0. The fourth-order valence-electron chi connectivity index (χ4n) is 3.69. The molecule has 3 saturated heterocycles. The summed E-state index contributed by atoms with van der Waals surface area (Å²) in [5.41, 5.74) is 0.666. The summed E-state index contributed by atoms with van der Waals surface area (Å²) in [5.74, 6) is 1.65. The molecule has 3 aliphatic heterocycles. The Bertz CT molecular complexity index is 787. The Morgan fingerprint density at radius 3 is 3.00 bits per heavy atom. The van der Waals surface area contributed by atoms with Crippen molar-refractivity contribution in [2.75, 3.05) is 18.1 Å². The van der Waals surface area contributed by atoms with Crippen molar-refractivity contribution in [2.45, 2.75) is 37.1 Å². The Morgan fingerprint density at radius 2 is 2.19 bits per heavy atom. The van der Waals surface area contributed by atoms with Crippen LogP contribution in [0.25, 0.3) is 0 Å². The number of fused-ring (bicyclic) bond motifs is 1. The highest BCUT2D eigenvalue weighted by Crippen LogP contribution is 2.47. The van der Waals surface area contributed by atoms with Crippen molar-refractivity contribution in [3.8, 4) is 0 Å². The van der Waals surface area contributed by atoms with Gasteiger partial charge in [0, 0.05) is 24.5 Å². The maximum atomic E-state index is 13.3. The molecule has 5 nitrogen and oxygen atoms in total. The highest BCUT2D eigenvalue weighted by molar-refractivity contribution is 8.13. The molecule has 1 aromatic carbocycles. The maximum Gasteiger partial charge on any atom is 0.252 e. The van der Waals surface area contributed by atoms with Gasteiger partial charge in [-0.2, -0.15) is 0 Å². The van der Waals surface area contributed by atoms with E-state index < -0.39 is 6.04 Å². The molecule has 0 aromatic heterocycles. The molecule has 3 heterocycles. The third-order valence-corrected chi connectivity index (χ3v) is 7.94. The Labute approximate surface area is 166 Å². The molecule has 1 aromatic rings. The summed E-state index contributed by atoms with van der Waals surface area (Å²) < 4.78 is 0. The standard InChI is InChI=1S/C18H20ClN3O2S2/c1-18-8-7-15(23)22(18)14(11-26-18)16(24)21-9-4-10-25-17(21)20-13-6-3-2-5-12(13)19/h2-3,5-6,14H,4,7-11H2,1H3. The molecular weight excluding hydrogens is 390 g/mol. The van der Waals surface area contributed by atoms with Gasteiger partial charge in [-0.1, -0.05) is 35.5 Å². The number of thioether (sulfide) groups is 2. The number of halogens is 1. The van der Waals surface area contributed by atoms with E-state index in [4.69, 9.17) is 11.6 Å². The molecule has 2 unspecified atom stereocenters. The van der Waals surface area contributed by atoms with Crippen molar-refractivity contribution in [1.82, 2.24) is 9.80 Å². The molecule has 0 aliphatic carbocycles. The molecular formula is C18H20ClN3O2S2. The minimum atomic E-state index is -0.393. The van der Waals surface area contributed by atoms with E-state index in [0.717, 1.165) is 18.6 Å². The third-order valence-electron chi connectivity index (χ3n) is 5.05.